The highest BCUT2D eigenvalue weighted by atomic mass is 14.2. The first kappa shape index (κ1) is 32.2. The lowest BCUT2D eigenvalue weighted by atomic mass is 9.82. The van der Waals surface area contributed by atoms with Crippen LogP contribution in [-0.2, 0) is 0 Å². The van der Waals surface area contributed by atoms with Gasteiger partial charge in [0.2, 0.25) is 0 Å². The van der Waals surface area contributed by atoms with Crippen molar-refractivity contribution in [2.45, 2.75) is 0 Å². The maximum absolute atomic E-state index is 2.43. The molecule has 0 aliphatic carbocycles. The minimum Gasteiger partial charge on any atom is -0.0622 e. The van der Waals surface area contributed by atoms with E-state index >= 15 is 0 Å². The van der Waals surface area contributed by atoms with Crippen molar-refractivity contribution in [2.75, 3.05) is 0 Å². The molecule has 0 atom stereocenters. The Kier molecular flexibility index (Phi) is 7.60. The summed E-state index contributed by atoms with van der Waals surface area (Å²) in [4.78, 5) is 0. The molecule has 0 spiro atoms. The molecule has 0 nitrogen and oxygen atoms in total. The summed E-state index contributed by atoms with van der Waals surface area (Å²) in [5.74, 6) is 0. The number of fused-ring (bicyclic) bond motifs is 5. The third-order valence-corrected chi connectivity index (χ3v) is 11.6. The number of hydrogen-bond donors (Lipinski definition) is 0. The minimum atomic E-state index is 1.20. The van der Waals surface area contributed by atoms with Gasteiger partial charge in [-0.1, -0.05) is 182 Å². The summed E-state index contributed by atoms with van der Waals surface area (Å²) in [5, 5.41) is 12.5. The highest BCUT2D eigenvalue weighted by Gasteiger charge is 2.20. The lowest BCUT2D eigenvalue weighted by molar-refractivity contribution is 1.60. The van der Waals surface area contributed by atoms with Gasteiger partial charge >= 0.3 is 0 Å². The van der Waals surface area contributed by atoms with Gasteiger partial charge in [0.25, 0.3) is 0 Å². The highest BCUT2D eigenvalue weighted by molar-refractivity contribution is 6.24. The molecule has 0 N–H and O–H groups in total. The van der Waals surface area contributed by atoms with Gasteiger partial charge < -0.3 is 0 Å². The SMILES string of the molecule is c1ccc(-c2ccc3c(-c4cccc5ccccc45)c4ccccc4c(-c4cc(-c5ccc6ccccc6c5)cc(-c5ccc6ccccc6c5)c4)c3c2)cc1. The van der Waals surface area contributed by atoms with Crippen LogP contribution in [0.2, 0.25) is 0 Å². The van der Waals surface area contributed by atoms with Crippen LogP contribution in [-0.4, -0.2) is 0 Å². The van der Waals surface area contributed by atoms with E-state index in [0.29, 0.717) is 0 Å². The molecule has 0 saturated heterocycles. The molecule has 0 aliphatic rings. The van der Waals surface area contributed by atoms with Crippen LogP contribution in [0.5, 0.6) is 0 Å². The van der Waals surface area contributed by atoms with E-state index in [0.717, 1.165) is 0 Å². The normalized spacial score (nSPS) is 11.6. The van der Waals surface area contributed by atoms with Crippen molar-refractivity contribution in [3.8, 4) is 55.6 Å². The van der Waals surface area contributed by atoms with E-state index in [1.807, 2.05) is 0 Å². The number of rotatable bonds is 5. The molecule has 0 heteroatoms. The first-order valence-electron chi connectivity index (χ1n) is 19.4. The Morgan fingerprint density at radius 1 is 0.179 bits per heavy atom. The van der Waals surface area contributed by atoms with Crippen LogP contribution in [0, 0.1) is 0 Å². The van der Waals surface area contributed by atoms with Gasteiger partial charge in [0.1, 0.15) is 0 Å². The van der Waals surface area contributed by atoms with Gasteiger partial charge in [-0.15, -0.1) is 0 Å². The van der Waals surface area contributed by atoms with Crippen molar-refractivity contribution in [2.24, 2.45) is 0 Å². The molecule has 11 rings (SSSR count). The molecule has 0 radical (unpaired) electrons. The van der Waals surface area contributed by atoms with Crippen molar-refractivity contribution < 1.29 is 0 Å². The first-order chi connectivity index (χ1) is 27.7. The standard InChI is InChI=1S/C56H36/c1-2-13-37(14-3-1)45-29-30-53-54(36-45)55(51-22-10-11-23-52(51)56(53)50-24-12-20-40-17-8-9-21-49(40)50)48-34-46(43-27-25-38-15-4-6-18-41(38)31-43)33-47(35-48)44-28-26-39-16-5-7-19-42(39)32-44/h1-36H. The lowest BCUT2D eigenvalue weighted by Crippen LogP contribution is -1.94. The maximum atomic E-state index is 2.43. The average Bonchev–Trinajstić information content (AvgIpc) is 3.27. The minimum absolute atomic E-state index is 1.20. The van der Waals surface area contributed by atoms with E-state index in [1.54, 1.807) is 0 Å². The molecule has 0 aliphatic heterocycles. The molecule has 0 amide bonds. The van der Waals surface area contributed by atoms with Crippen molar-refractivity contribution in [1.82, 2.24) is 0 Å². The topological polar surface area (TPSA) is 0 Å². The molecule has 56 heavy (non-hydrogen) atoms. The summed E-state index contributed by atoms with van der Waals surface area (Å²) in [6.07, 6.45) is 0. The fraction of sp³-hybridized carbons (Fsp3) is 0. The van der Waals surface area contributed by atoms with E-state index in [-0.39, 0.29) is 0 Å². The number of hydrogen-bond acceptors (Lipinski definition) is 0. The summed E-state index contributed by atoms with van der Waals surface area (Å²) < 4.78 is 0. The van der Waals surface area contributed by atoms with E-state index in [4.69, 9.17) is 0 Å². The van der Waals surface area contributed by atoms with Crippen LogP contribution < -0.4 is 0 Å². The molecule has 260 valence electrons. The molecule has 11 aromatic rings. The second kappa shape index (κ2) is 13.2. The molecule has 0 fully saturated rings. The molecule has 0 bridgehead atoms. The Morgan fingerprint density at radius 3 is 1.30 bits per heavy atom. The van der Waals surface area contributed by atoms with Crippen LogP contribution in [0.25, 0.3) is 109 Å². The second-order valence-electron chi connectivity index (χ2n) is 14.9. The summed E-state index contributed by atoms with van der Waals surface area (Å²) >= 11 is 0. The van der Waals surface area contributed by atoms with E-state index < -0.39 is 0 Å². The summed E-state index contributed by atoms with van der Waals surface area (Å²) in [5.41, 5.74) is 12.2. The summed E-state index contributed by atoms with van der Waals surface area (Å²) in [7, 11) is 0. The predicted octanol–water partition coefficient (Wildman–Crippen LogP) is 15.8. The maximum Gasteiger partial charge on any atom is -0.00201 e. The Morgan fingerprint density at radius 2 is 0.643 bits per heavy atom. The molecule has 0 aromatic heterocycles. The van der Waals surface area contributed by atoms with Gasteiger partial charge in [0.15, 0.2) is 0 Å². The smallest absolute Gasteiger partial charge is 0.00201 e. The van der Waals surface area contributed by atoms with Gasteiger partial charge in [0, 0.05) is 0 Å². The molecule has 0 saturated carbocycles. The zero-order chi connectivity index (χ0) is 37.0. The van der Waals surface area contributed by atoms with Gasteiger partial charge in [-0.05, 0) is 146 Å². The van der Waals surface area contributed by atoms with Crippen LogP contribution in [0.1, 0.15) is 0 Å². The second-order valence-corrected chi connectivity index (χ2v) is 14.9. The zero-order valence-electron chi connectivity index (χ0n) is 30.8. The fourth-order valence-electron chi connectivity index (χ4n) is 8.88. The van der Waals surface area contributed by atoms with Crippen LogP contribution >= 0.6 is 0 Å². The quantitative estimate of drug-likeness (QED) is 0.156. The average molecular weight is 709 g/mol. The zero-order valence-corrected chi connectivity index (χ0v) is 30.8. The fourth-order valence-corrected chi connectivity index (χ4v) is 8.88. The molecule has 11 aromatic carbocycles. The predicted molar refractivity (Wildman–Crippen MR) is 241 cm³/mol. The van der Waals surface area contributed by atoms with Crippen molar-refractivity contribution >= 4 is 53.9 Å². The van der Waals surface area contributed by atoms with Crippen LogP contribution in [0.4, 0.5) is 0 Å². The van der Waals surface area contributed by atoms with Gasteiger partial charge in [-0.3, -0.25) is 0 Å². The third kappa shape index (κ3) is 5.46. The van der Waals surface area contributed by atoms with Crippen molar-refractivity contribution in [3.63, 3.8) is 0 Å². The van der Waals surface area contributed by atoms with Crippen LogP contribution in [0.15, 0.2) is 218 Å². The summed E-state index contributed by atoms with van der Waals surface area (Å²) in [6.45, 7) is 0. The van der Waals surface area contributed by atoms with Crippen LogP contribution in [0.3, 0.4) is 0 Å². The van der Waals surface area contributed by atoms with Gasteiger partial charge in [-0.2, -0.15) is 0 Å². The van der Waals surface area contributed by atoms with E-state index in [2.05, 4.69) is 218 Å². The third-order valence-electron chi connectivity index (χ3n) is 11.6. The molecular formula is C56H36. The largest absolute Gasteiger partial charge is 0.0622 e. The van der Waals surface area contributed by atoms with E-state index in [9.17, 15) is 0 Å². The number of benzene rings is 11. The molecular weight excluding hydrogens is 673 g/mol. The molecule has 0 unspecified atom stereocenters. The first-order valence-corrected chi connectivity index (χ1v) is 19.4. The van der Waals surface area contributed by atoms with Crippen molar-refractivity contribution in [3.05, 3.63) is 218 Å². The monoisotopic (exact) mass is 708 g/mol. The Hall–Kier alpha value is -7.28. The van der Waals surface area contributed by atoms with Crippen molar-refractivity contribution in [1.29, 1.82) is 0 Å². The Labute approximate surface area is 326 Å². The highest BCUT2D eigenvalue weighted by Crippen LogP contribution is 2.47. The van der Waals surface area contributed by atoms with Gasteiger partial charge in [0.05, 0.1) is 0 Å². The van der Waals surface area contributed by atoms with Gasteiger partial charge in [-0.25, -0.2) is 0 Å². The molecule has 0 heterocycles. The Bertz CT molecular complexity index is 3190. The lowest BCUT2D eigenvalue weighted by Gasteiger charge is -2.21. The van der Waals surface area contributed by atoms with E-state index in [1.165, 1.54) is 109 Å². The summed E-state index contributed by atoms with van der Waals surface area (Å²) in [6, 6.07) is 80.6. The Balaban J connectivity index is 1.26.